The van der Waals surface area contributed by atoms with E-state index in [0.29, 0.717) is 5.56 Å². The summed E-state index contributed by atoms with van der Waals surface area (Å²) in [7, 11) is -3.30. The molecule has 0 saturated carbocycles. The molecule has 0 bridgehead atoms. The number of aliphatic hydroxyl groups excluding tert-OH is 1. The maximum Gasteiger partial charge on any atom is 0.216 e. The third-order valence-corrected chi connectivity index (χ3v) is 4.00. The van der Waals surface area contributed by atoms with Gasteiger partial charge in [-0.3, -0.25) is 0 Å². The molecular weight excluding hydrogens is 238 g/mol. The van der Waals surface area contributed by atoms with Gasteiger partial charge in [-0.2, -0.15) is 0 Å². The molecule has 5 heteroatoms. The van der Waals surface area contributed by atoms with Crippen molar-refractivity contribution in [2.45, 2.75) is 38.7 Å². The molecule has 0 fully saturated rings. The highest BCUT2D eigenvalue weighted by atomic mass is 32.2. The molecule has 0 amide bonds. The van der Waals surface area contributed by atoms with Crippen molar-refractivity contribution >= 4 is 10.0 Å². The van der Waals surface area contributed by atoms with E-state index in [2.05, 4.69) is 4.72 Å². The van der Waals surface area contributed by atoms with Crippen molar-refractivity contribution in [3.05, 3.63) is 35.4 Å². The Balaban J connectivity index is 2.75. The molecule has 0 aliphatic rings. The standard InChI is InChI=1S/C12H19NO3S/c1-3-10(2)13-17(15,16)9-12-6-4-5-11(7-12)8-14/h4-7,10,13-14H,3,8-9H2,1-2H3. The first-order valence-corrected chi connectivity index (χ1v) is 7.30. The van der Waals surface area contributed by atoms with Gasteiger partial charge in [-0.1, -0.05) is 31.2 Å². The van der Waals surface area contributed by atoms with Gasteiger partial charge in [0.05, 0.1) is 12.4 Å². The zero-order chi connectivity index (χ0) is 12.9. The number of rotatable bonds is 6. The lowest BCUT2D eigenvalue weighted by Gasteiger charge is -2.12. The molecular formula is C12H19NO3S. The van der Waals surface area contributed by atoms with Gasteiger partial charge in [0.25, 0.3) is 0 Å². The Morgan fingerprint density at radius 2 is 2.00 bits per heavy atom. The first-order valence-electron chi connectivity index (χ1n) is 5.65. The van der Waals surface area contributed by atoms with E-state index in [1.807, 2.05) is 13.8 Å². The Kier molecular flexibility index (Phi) is 5.11. The van der Waals surface area contributed by atoms with Gasteiger partial charge >= 0.3 is 0 Å². The summed E-state index contributed by atoms with van der Waals surface area (Å²) in [6.45, 7) is 3.69. The Bertz CT molecular complexity index is 457. The zero-order valence-corrected chi connectivity index (χ0v) is 11.0. The van der Waals surface area contributed by atoms with Crippen LogP contribution >= 0.6 is 0 Å². The molecule has 0 saturated heterocycles. The van der Waals surface area contributed by atoms with Gasteiger partial charge in [0, 0.05) is 6.04 Å². The monoisotopic (exact) mass is 257 g/mol. The predicted molar refractivity (Wildman–Crippen MR) is 67.9 cm³/mol. The molecule has 1 unspecified atom stereocenters. The number of nitrogens with one attached hydrogen (secondary N) is 1. The Labute approximate surface area is 103 Å². The lowest BCUT2D eigenvalue weighted by molar-refractivity contribution is 0.282. The van der Waals surface area contributed by atoms with E-state index in [-0.39, 0.29) is 18.4 Å². The van der Waals surface area contributed by atoms with Crippen LogP contribution in [0.2, 0.25) is 0 Å². The minimum atomic E-state index is -3.30. The quantitative estimate of drug-likeness (QED) is 0.809. The van der Waals surface area contributed by atoms with Crippen molar-refractivity contribution in [3.63, 3.8) is 0 Å². The molecule has 96 valence electrons. The van der Waals surface area contributed by atoms with Crippen LogP contribution in [0.25, 0.3) is 0 Å². The third kappa shape index (κ3) is 4.85. The summed E-state index contributed by atoms with van der Waals surface area (Å²) in [6.07, 6.45) is 0.760. The average Bonchev–Trinajstić information content (AvgIpc) is 2.27. The summed E-state index contributed by atoms with van der Waals surface area (Å²) in [5.41, 5.74) is 1.41. The van der Waals surface area contributed by atoms with E-state index >= 15 is 0 Å². The van der Waals surface area contributed by atoms with Crippen LogP contribution in [-0.2, 0) is 22.4 Å². The maximum absolute atomic E-state index is 11.8. The fourth-order valence-corrected chi connectivity index (χ4v) is 2.95. The van der Waals surface area contributed by atoms with E-state index in [9.17, 15) is 8.42 Å². The van der Waals surface area contributed by atoms with Gasteiger partial charge in [-0.25, -0.2) is 13.1 Å². The summed E-state index contributed by atoms with van der Waals surface area (Å²) in [5.74, 6) is -0.0504. The highest BCUT2D eigenvalue weighted by Gasteiger charge is 2.14. The summed E-state index contributed by atoms with van der Waals surface area (Å²) in [5, 5.41) is 8.98. The fraction of sp³-hybridized carbons (Fsp3) is 0.500. The van der Waals surface area contributed by atoms with Crippen LogP contribution in [0, 0.1) is 0 Å². The summed E-state index contributed by atoms with van der Waals surface area (Å²) >= 11 is 0. The summed E-state index contributed by atoms with van der Waals surface area (Å²) in [4.78, 5) is 0. The van der Waals surface area contributed by atoms with Crippen LogP contribution in [0.4, 0.5) is 0 Å². The molecule has 2 N–H and O–H groups in total. The molecule has 1 aromatic carbocycles. The van der Waals surface area contributed by atoms with Gasteiger partial charge in [0.1, 0.15) is 0 Å². The van der Waals surface area contributed by atoms with Gasteiger partial charge < -0.3 is 5.11 Å². The number of hydrogen-bond acceptors (Lipinski definition) is 3. The van der Waals surface area contributed by atoms with Crippen LogP contribution in [0.5, 0.6) is 0 Å². The Morgan fingerprint density at radius 3 is 2.59 bits per heavy atom. The zero-order valence-electron chi connectivity index (χ0n) is 10.2. The second-order valence-corrected chi connectivity index (χ2v) is 5.92. The molecule has 4 nitrogen and oxygen atoms in total. The number of sulfonamides is 1. The Morgan fingerprint density at radius 1 is 1.35 bits per heavy atom. The van der Waals surface area contributed by atoms with Gasteiger partial charge in [-0.15, -0.1) is 0 Å². The van der Waals surface area contributed by atoms with E-state index in [1.54, 1.807) is 24.3 Å². The van der Waals surface area contributed by atoms with E-state index in [4.69, 9.17) is 5.11 Å². The molecule has 0 aliphatic heterocycles. The summed E-state index contributed by atoms with van der Waals surface area (Å²) < 4.78 is 26.2. The SMILES string of the molecule is CCC(C)NS(=O)(=O)Cc1cccc(CO)c1. The molecule has 0 spiro atoms. The minimum Gasteiger partial charge on any atom is -0.392 e. The van der Waals surface area contributed by atoms with Crippen molar-refractivity contribution in [1.82, 2.24) is 4.72 Å². The first-order chi connectivity index (χ1) is 7.96. The topological polar surface area (TPSA) is 66.4 Å². The van der Waals surface area contributed by atoms with Crippen molar-refractivity contribution in [2.24, 2.45) is 0 Å². The molecule has 0 aliphatic carbocycles. The third-order valence-electron chi connectivity index (χ3n) is 2.52. The van der Waals surface area contributed by atoms with Crippen molar-refractivity contribution in [3.8, 4) is 0 Å². The minimum absolute atomic E-state index is 0.0504. The van der Waals surface area contributed by atoms with Gasteiger partial charge in [0.2, 0.25) is 10.0 Å². The van der Waals surface area contributed by atoms with Crippen LogP contribution in [0.15, 0.2) is 24.3 Å². The van der Waals surface area contributed by atoms with Crippen LogP contribution in [0.3, 0.4) is 0 Å². The number of benzene rings is 1. The molecule has 17 heavy (non-hydrogen) atoms. The average molecular weight is 257 g/mol. The Hall–Kier alpha value is -0.910. The number of hydrogen-bond donors (Lipinski definition) is 2. The largest absolute Gasteiger partial charge is 0.392 e. The second-order valence-electron chi connectivity index (χ2n) is 4.16. The lowest BCUT2D eigenvalue weighted by atomic mass is 10.1. The molecule has 0 heterocycles. The van der Waals surface area contributed by atoms with Crippen molar-refractivity contribution in [1.29, 1.82) is 0 Å². The molecule has 0 aromatic heterocycles. The number of aliphatic hydroxyl groups is 1. The maximum atomic E-state index is 11.8. The highest BCUT2D eigenvalue weighted by molar-refractivity contribution is 7.88. The van der Waals surface area contributed by atoms with Crippen LogP contribution < -0.4 is 4.72 Å². The van der Waals surface area contributed by atoms with E-state index < -0.39 is 10.0 Å². The smallest absolute Gasteiger partial charge is 0.216 e. The van der Waals surface area contributed by atoms with E-state index in [0.717, 1.165) is 12.0 Å². The highest BCUT2D eigenvalue weighted by Crippen LogP contribution is 2.09. The molecule has 0 radical (unpaired) electrons. The summed E-state index contributed by atoms with van der Waals surface area (Å²) in [6, 6.07) is 6.91. The van der Waals surface area contributed by atoms with Crippen LogP contribution in [0.1, 0.15) is 31.4 Å². The normalized spacial score (nSPS) is 13.6. The van der Waals surface area contributed by atoms with Gasteiger partial charge in [0.15, 0.2) is 0 Å². The van der Waals surface area contributed by atoms with Crippen molar-refractivity contribution < 1.29 is 13.5 Å². The predicted octanol–water partition coefficient (Wildman–Crippen LogP) is 1.40. The van der Waals surface area contributed by atoms with Crippen LogP contribution in [-0.4, -0.2) is 19.6 Å². The lowest BCUT2D eigenvalue weighted by Crippen LogP contribution is -2.32. The molecule has 1 aromatic rings. The second kappa shape index (κ2) is 6.14. The first kappa shape index (κ1) is 14.2. The van der Waals surface area contributed by atoms with Gasteiger partial charge in [-0.05, 0) is 24.5 Å². The fourth-order valence-electron chi connectivity index (χ4n) is 1.47. The van der Waals surface area contributed by atoms with E-state index in [1.165, 1.54) is 0 Å². The van der Waals surface area contributed by atoms with Crippen molar-refractivity contribution in [2.75, 3.05) is 0 Å². The molecule has 1 rings (SSSR count). The molecule has 1 atom stereocenters.